The average Bonchev–Trinajstić information content (AvgIpc) is 2.84. The molecule has 0 unspecified atom stereocenters. The molecule has 0 aromatic heterocycles. The zero-order chi connectivity index (χ0) is 23.3. The summed E-state index contributed by atoms with van der Waals surface area (Å²) in [5, 5.41) is 0. The van der Waals surface area contributed by atoms with Crippen LogP contribution in [0.4, 0.5) is 0 Å². The first kappa shape index (κ1) is 25.2. The van der Waals surface area contributed by atoms with Crippen molar-refractivity contribution in [3.05, 3.63) is 132 Å². The van der Waals surface area contributed by atoms with Gasteiger partial charge in [-0.1, -0.05) is 104 Å². The Bertz CT molecular complexity index is 937. The van der Waals surface area contributed by atoms with Crippen molar-refractivity contribution in [2.24, 2.45) is 0 Å². The third kappa shape index (κ3) is 8.23. The highest BCUT2D eigenvalue weighted by Crippen LogP contribution is 2.32. The molecule has 0 radical (unpaired) electrons. The largest absolute Gasteiger partial charge is 0.345 e. The summed E-state index contributed by atoms with van der Waals surface area (Å²) >= 11 is 0. The van der Waals surface area contributed by atoms with Gasteiger partial charge in [0.2, 0.25) is 0 Å². The molecule has 0 N–H and O–H groups in total. The first-order valence-corrected chi connectivity index (χ1v) is 11.6. The van der Waals surface area contributed by atoms with Gasteiger partial charge in [0.25, 0.3) is 0 Å². The predicted octanol–water partition coefficient (Wildman–Crippen LogP) is 8.84. The van der Waals surface area contributed by atoms with Crippen LogP contribution in [0, 0.1) is 0 Å². The highest BCUT2D eigenvalue weighted by atomic mass is 15.1. The number of allylic oxidation sites excluding steroid dienone is 17. The van der Waals surface area contributed by atoms with E-state index in [9.17, 15) is 0 Å². The molecule has 0 amide bonds. The second kappa shape index (κ2) is 13.4. The van der Waals surface area contributed by atoms with E-state index in [4.69, 9.17) is 0 Å². The van der Waals surface area contributed by atoms with Crippen LogP contribution in [-0.2, 0) is 0 Å². The van der Waals surface area contributed by atoms with E-state index in [0.29, 0.717) is 0 Å². The molecule has 1 heteroatoms. The van der Waals surface area contributed by atoms with Gasteiger partial charge in [-0.2, -0.15) is 0 Å². The molecule has 0 saturated heterocycles. The van der Waals surface area contributed by atoms with Gasteiger partial charge in [-0.3, -0.25) is 0 Å². The lowest BCUT2D eigenvalue weighted by Gasteiger charge is -2.30. The first-order valence-electron chi connectivity index (χ1n) is 11.6. The molecule has 168 valence electrons. The van der Waals surface area contributed by atoms with Crippen LogP contribution >= 0.6 is 0 Å². The lowest BCUT2D eigenvalue weighted by Crippen LogP contribution is -2.24. The zero-order valence-corrected chi connectivity index (χ0v) is 20.1. The summed E-state index contributed by atoms with van der Waals surface area (Å²) in [6, 6.07) is 0. The van der Waals surface area contributed by atoms with Gasteiger partial charge in [0.1, 0.15) is 0 Å². The van der Waals surface area contributed by atoms with Gasteiger partial charge < -0.3 is 4.90 Å². The summed E-state index contributed by atoms with van der Waals surface area (Å²) in [5.41, 5.74) is 8.64. The fourth-order valence-electron chi connectivity index (χ4n) is 4.12. The van der Waals surface area contributed by atoms with Gasteiger partial charge in [-0.15, -0.1) is 0 Å². The highest BCUT2D eigenvalue weighted by molar-refractivity contribution is 5.47. The van der Waals surface area contributed by atoms with E-state index in [-0.39, 0.29) is 0 Å². The molecule has 1 aliphatic heterocycles. The molecule has 1 aliphatic carbocycles. The van der Waals surface area contributed by atoms with Gasteiger partial charge >= 0.3 is 0 Å². The maximum Gasteiger partial charge on any atom is 0.0408 e. The second-order valence-electron chi connectivity index (χ2n) is 8.56. The summed E-state index contributed by atoms with van der Waals surface area (Å²) < 4.78 is 0. The molecule has 2 aliphatic rings. The molecule has 32 heavy (non-hydrogen) atoms. The third-order valence-electron chi connectivity index (χ3n) is 5.53. The van der Waals surface area contributed by atoms with Gasteiger partial charge in [0.05, 0.1) is 0 Å². The van der Waals surface area contributed by atoms with Crippen molar-refractivity contribution in [1.82, 2.24) is 4.90 Å². The molecule has 0 aromatic rings. The summed E-state index contributed by atoms with van der Waals surface area (Å²) in [7, 11) is 0. The summed E-state index contributed by atoms with van der Waals surface area (Å²) in [6.45, 7) is 21.7. The van der Waals surface area contributed by atoms with E-state index >= 15 is 0 Å². The standard InChI is InChI=1S/C31H39N/c1-7-8-9-10-16-21-32-28(6)17-12-11-13-19-30-27(5)24-29(18-14-15-20-31(30)32)23-26(4)22-25(2)3/h7-11,13-14,16,18,22,24H,1-2,5-6,12,15,17,19-21,23H2,3-4H3/b9-8-,13-11-,16-10-,18-14-,26-22-,29-24+,31-30+. The minimum absolute atomic E-state index is 0.813. The van der Waals surface area contributed by atoms with Crippen LogP contribution in [0.25, 0.3) is 0 Å². The smallest absolute Gasteiger partial charge is 0.0408 e. The fourth-order valence-corrected chi connectivity index (χ4v) is 4.12. The zero-order valence-electron chi connectivity index (χ0n) is 20.1. The maximum atomic E-state index is 4.51. The Morgan fingerprint density at radius 3 is 2.56 bits per heavy atom. The van der Waals surface area contributed by atoms with E-state index in [1.807, 2.05) is 19.1 Å². The predicted molar refractivity (Wildman–Crippen MR) is 143 cm³/mol. The second-order valence-corrected chi connectivity index (χ2v) is 8.56. The maximum absolute atomic E-state index is 4.51. The van der Waals surface area contributed by atoms with Crippen molar-refractivity contribution in [1.29, 1.82) is 0 Å². The number of hydrogen-bond acceptors (Lipinski definition) is 1. The highest BCUT2D eigenvalue weighted by Gasteiger charge is 2.19. The number of nitrogens with zero attached hydrogens (tertiary/aromatic N) is 1. The van der Waals surface area contributed by atoms with Crippen molar-refractivity contribution < 1.29 is 0 Å². The van der Waals surface area contributed by atoms with Crippen LogP contribution in [-0.4, -0.2) is 11.4 Å². The van der Waals surface area contributed by atoms with Gasteiger partial charge in [0, 0.05) is 17.9 Å². The number of hydrogen-bond donors (Lipinski definition) is 0. The van der Waals surface area contributed by atoms with Crippen molar-refractivity contribution in [3.63, 3.8) is 0 Å². The van der Waals surface area contributed by atoms with Crippen molar-refractivity contribution in [2.45, 2.75) is 52.4 Å². The Hall–Kier alpha value is -3.06. The Balaban J connectivity index is 2.44. The molecule has 0 saturated carbocycles. The molecule has 0 aromatic carbocycles. The molecule has 0 fully saturated rings. The fraction of sp³-hybridized carbons (Fsp3) is 0.290. The molecule has 2 rings (SSSR count). The van der Waals surface area contributed by atoms with Crippen LogP contribution in [0.15, 0.2) is 132 Å². The van der Waals surface area contributed by atoms with Crippen molar-refractivity contribution in [2.75, 3.05) is 6.54 Å². The monoisotopic (exact) mass is 425 g/mol. The van der Waals surface area contributed by atoms with Gasteiger partial charge in [0.15, 0.2) is 0 Å². The average molecular weight is 426 g/mol. The van der Waals surface area contributed by atoms with Crippen LogP contribution in [0.2, 0.25) is 0 Å². The minimum Gasteiger partial charge on any atom is -0.345 e. The quantitative estimate of drug-likeness (QED) is 0.291. The summed E-state index contributed by atoms with van der Waals surface area (Å²) in [4.78, 5) is 2.41. The summed E-state index contributed by atoms with van der Waals surface area (Å²) in [5.74, 6) is 0. The van der Waals surface area contributed by atoms with E-state index in [0.717, 1.165) is 56.2 Å². The third-order valence-corrected chi connectivity index (χ3v) is 5.53. The molecule has 0 spiro atoms. The Morgan fingerprint density at radius 1 is 1.03 bits per heavy atom. The van der Waals surface area contributed by atoms with Crippen molar-refractivity contribution >= 4 is 0 Å². The molecular formula is C31H39N. The van der Waals surface area contributed by atoms with Crippen LogP contribution in [0.3, 0.4) is 0 Å². The number of rotatable bonds is 7. The topological polar surface area (TPSA) is 3.24 Å². The molecule has 1 nitrogen and oxygen atoms in total. The Kier molecular flexibility index (Phi) is 10.5. The normalized spacial score (nSPS) is 24.5. The Labute approximate surface area is 196 Å². The van der Waals surface area contributed by atoms with Crippen molar-refractivity contribution in [3.8, 4) is 0 Å². The van der Waals surface area contributed by atoms with Gasteiger partial charge in [-0.25, -0.2) is 0 Å². The minimum atomic E-state index is 0.813. The SMILES string of the molecule is C=C/C=C\C=C/CN1C(=C)CC/C=C\C/C2=C\1CC/C=C\C(C/C(C)=C\C(=C)C)=C/C2=C. The lowest BCUT2D eigenvalue weighted by atomic mass is 9.95. The van der Waals surface area contributed by atoms with Crippen LogP contribution in [0.1, 0.15) is 52.4 Å². The van der Waals surface area contributed by atoms with Crippen LogP contribution in [0.5, 0.6) is 0 Å². The Morgan fingerprint density at radius 2 is 1.81 bits per heavy atom. The summed E-state index contributed by atoms with van der Waals surface area (Å²) in [6.07, 6.45) is 29.4. The molecule has 1 heterocycles. The molecule has 0 atom stereocenters. The molecule has 0 bridgehead atoms. The molecular weight excluding hydrogens is 386 g/mol. The van der Waals surface area contributed by atoms with Gasteiger partial charge in [-0.05, 0) is 69.1 Å². The van der Waals surface area contributed by atoms with E-state index in [1.165, 1.54) is 28.1 Å². The van der Waals surface area contributed by atoms with E-state index < -0.39 is 0 Å². The lowest BCUT2D eigenvalue weighted by molar-refractivity contribution is 0.432. The van der Waals surface area contributed by atoms with Crippen LogP contribution < -0.4 is 0 Å². The van der Waals surface area contributed by atoms with E-state index in [2.05, 4.69) is 86.7 Å². The first-order chi connectivity index (χ1) is 15.4. The van der Waals surface area contributed by atoms with E-state index in [1.54, 1.807) is 6.08 Å².